The van der Waals surface area contributed by atoms with E-state index >= 15 is 0 Å². The third kappa shape index (κ3) is 5.06. The second-order valence-electron chi connectivity index (χ2n) is 7.92. The Labute approximate surface area is 187 Å². The fourth-order valence-corrected chi connectivity index (χ4v) is 4.96. The molecule has 2 aromatic carbocycles. The first-order valence-electron chi connectivity index (χ1n) is 10.7. The normalized spacial score (nSPS) is 14.7. The molecule has 0 unspecified atom stereocenters. The summed E-state index contributed by atoms with van der Waals surface area (Å²) in [6, 6.07) is 12.1. The topological polar surface area (TPSA) is 54.9 Å². The van der Waals surface area contributed by atoms with Crippen molar-refractivity contribution in [3.63, 3.8) is 0 Å². The van der Waals surface area contributed by atoms with E-state index in [2.05, 4.69) is 17.9 Å². The van der Waals surface area contributed by atoms with Crippen LogP contribution in [0.1, 0.15) is 16.7 Å². The molecule has 0 saturated carbocycles. The van der Waals surface area contributed by atoms with Crippen molar-refractivity contribution in [3.05, 3.63) is 53.1 Å². The zero-order valence-electron chi connectivity index (χ0n) is 18.4. The number of aromatic nitrogens is 1. The van der Waals surface area contributed by atoms with Crippen LogP contribution in [-0.2, 0) is 16.0 Å². The average Bonchev–Trinajstić information content (AvgIpc) is 3.21. The number of ether oxygens (including phenoxy) is 2. The molecule has 1 aromatic heterocycles. The summed E-state index contributed by atoms with van der Waals surface area (Å²) in [6.07, 6.45) is 0.358. The van der Waals surface area contributed by atoms with E-state index in [9.17, 15) is 4.79 Å². The number of carbonyl (C=O) groups is 1. The second kappa shape index (κ2) is 9.77. The van der Waals surface area contributed by atoms with Gasteiger partial charge in [-0.25, -0.2) is 4.98 Å². The smallest absolute Gasteiger partial charge is 0.233 e. The van der Waals surface area contributed by atoms with Crippen LogP contribution < -0.4 is 9.64 Å². The van der Waals surface area contributed by atoms with Crippen molar-refractivity contribution in [1.82, 2.24) is 9.88 Å². The molecule has 1 aliphatic rings. The number of anilines is 1. The molecule has 0 bridgehead atoms. The molecular weight excluding hydrogens is 410 g/mol. The molecule has 4 rings (SSSR count). The number of amides is 1. The largest absolute Gasteiger partial charge is 0.494 e. The minimum absolute atomic E-state index is 0.0644. The molecular formula is C24H29N3O3S. The zero-order valence-corrected chi connectivity index (χ0v) is 19.2. The molecule has 1 amide bonds. The van der Waals surface area contributed by atoms with Crippen LogP contribution in [0.3, 0.4) is 0 Å². The maximum Gasteiger partial charge on any atom is 0.233 e. The first-order chi connectivity index (χ1) is 15.0. The van der Waals surface area contributed by atoms with Crippen LogP contribution in [0.2, 0.25) is 0 Å². The van der Waals surface area contributed by atoms with E-state index in [1.54, 1.807) is 18.4 Å². The number of aryl methyl sites for hydroxylation is 2. The zero-order chi connectivity index (χ0) is 21.8. The highest BCUT2D eigenvalue weighted by Gasteiger charge is 2.23. The van der Waals surface area contributed by atoms with Gasteiger partial charge in [-0.3, -0.25) is 14.6 Å². The van der Waals surface area contributed by atoms with Crippen molar-refractivity contribution in [2.24, 2.45) is 0 Å². The molecule has 0 spiro atoms. The maximum absolute atomic E-state index is 13.4. The van der Waals surface area contributed by atoms with E-state index in [1.165, 1.54) is 0 Å². The summed E-state index contributed by atoms with van der Waals surface area (Å²) < 4.78 is 12.0. The van der Waals surface area contributed by atoms with E-state index < -0.39 is 0 Å². The summed E-state index contributed by atoms with van der Waals surface area (Å²) in [5.74, 6) is 0.803. The maximum atomic E-state index is 13.4. The first kappa shape index (κ1) is 21.7. The van der Waals surface area contributed by atoms with Crippen LogP contribution in [0.25, 0.3) is 10.2 Å². The van der Waals surface area contributed by atoms with Crippen molar-refractivity contribution in [2.45, 2.75) is 20.3 Å². The summed E-state index contributed by atoms with van der Waals surface area (Å²) in [5, 5.41) is 0.730. The van der Waals surface area contributed by atoms with Crippen LogP contribution in [0, 0.1) is 13.8 Å². The number of carbonyl (C=O) groups excluding carboxylic acids is 1. The lowest BCUT2D eigenvalue weighted by Gasteiger charge is -2.29. The van der Waals surface area contributed by atoms with Crippen LogP contribution in [0.5, 0.6) is 5.75 Å². The number of nitrogens with zero attached hydrogens (tertiary/aromatic N) is 3. The van der Waals surface area contributed by atoms with Gasteiger partial charge < -0.3 is 9.47 Å². The summed E-state index contributed by atoms with van der Waals surface area (Å²) in [6.45, 7) is 8.80. The molecule has 7 heteroatoms. The number of benzene rings is 2. The molecule has 0 N–H and O–H groups in total. The van der Waals surface area contributed by atoms with Gasteiger partial charge in [0.15, 0.2) is 5.13 Å². The van der Waals surface area contributed by atoms with Crippen LogP contribution >= 0.6 is 11.3 Å². The predicted molar refractivity (Wildman–Crippen MR) is 125 cm³/mol. The molecule has 2 heterocycles. The molecule has 1 aliphatic heterocycles. The number of morpholine rings is 1. The van der Waals surface area contributed by atoms with Crippen molar-refractivity contribution in [3.8, 4) is 5.75 Å². The summed E-state index contributed by atoms with van der Waals surface area (Å²) in [5.41, 5.74) is 4.14. The van der Waals surface area contributed by atoms with Crippen LogP contribution in [-0.4, -0.2) is 62.3 Å². The number of hydrogen-bond donors (Lipinski definition) is 0. The predicted octanol–water partition coefficient (Wildman–Crippen LogP) is 3.83. The van der Waals surface area contributed by atoms with Crippen molar-refractivity contribution >= 4 is 32.6 Å². The molecule has 0 aliphatic carbocycles. The summed E-state index contributed by atoms with van der Waals surface area (Å²) >= 11 is 1.56. The third-order valence-corrected chi connectivity index (χ3v) is 6.84. The Bertz CT molecular complexity index is 1060. The first-order valence-corrected chi connectivity index (χ1v) is 11.5. The van der Waals surface area contributed by atoms with Gasteiger partial charge >= 0.3 is 0 Å². The Morgan fingerprint density at radius 1 is 1.23 bits per heavy atom. The Hall–Kier alpha value is -2.48. The fourth-order valence-electron chi connectivity index (χ4n) is 3.86. The third-order valence-electron chi connectivity index (χ3n) is 5.63. The molecule has 31 heavy (non-hydrogen) atoms. The number of hydrogen-bond acceptors (Lipinski definition) is 6. The average molecular weight is 440 g/mol. The molecule has 0 radical (unpaired) electrons. The van der Waals surface area contributed by atoms with Gasteiger partial charge in [-0.1, -0.05) is 47.2 Å². The van der Waals surface area contributed by atoms with Gasteiger partial charge in [-0.05, 0) is 31.0 Å². The number of rotatable bonds is 7. The Morgan fingerprint density at radius 3 is 2.77 bits per heavy atom. The lowest BCUT2D eigenvalue weighted by molar-refractivity contribution is -0.118. The molecule has 3 aromatic rings. The summed E-state index contributed by atoms with van der Waals surface area (Å²) in [7, 11) is 1.65. The Morgan fingerprint density at radius 2 is 2.03 bits per heavy atom. The lowest BCUT2D eigenvalue weighted by Crippen LogP contribution is -2.43. The molecule has 6 nitrogen and oxygen atoms in total. The molecule has 1 fully saturated rings. The van der Waals surface area contributed by atoms with Gasteiger partial charge in [0.2, 0.25) is 5.91 Å². The van der Waals surface area contributed by atoms with E-state index in [1.807, 2.05) is 42.2 Å². The van der Waals surface area contributed by atoms with E-state index in [-0.39, 0.29) is 5.91 Å². The highest BCUT2D eigenvalue weighted by atomic mass is 32.1. The van der Waals surface area contributed by atoms with Crippen molar-refractivity contribution in [2.75, 3.05) is 51.4 Å². The monoisotopic (exact) mass is 439 g/mol. The minimum Gasteiger partial charge on any atom is -0.494 e. The van der Waals surface area contributed by atoms with Gasteiger partial charge in [0.25, 0.3) is 0 Å². The number of methoxy groups -OCH3 is 1. The van der Waals surface area contributed by atoms with E-state index in [0.29, 0.717) is 13.0 Å². The minimum atomic E-state index is 0.0644. The van der Waals surface area contributed by atoms with Crippen molar-refractivity contribution < 1.29 is 14.3 Å². The lowest BCUT2D eigenvalue weighted by atomic mass is 10.1. The Balaban J connectivity index is 1.63. The standard InChI is InChI=1S/C24H29N3O3S/c1-17-5-4-6-19(15-17)16-21(28)27(10-9-26-11-13-30-14-12-26)24-25-22-20(29-3)8-7-18(2)23(22)31-24/h4-8,15H,9-14,16H2,1-3H3. The SMILES string of the molecule is COc1ccc(C)c2sc(N(CCN3CCOCC3)C(=O)Cc3cccc(C)c3)nc12. The van der Waals surface area contributed by atoms with Gasteiger partial charge in [0, 0.05) is 26.2 Å². The molecule has 0 atom stereocenters. The number of thiazole rings is 1. The van der Waals surface area contributed by atoms with Gasteiger partial charge in [0.05, 0.1) is 31.4 Å². The van der Waals surface area contributed by atoms with Gasteiger partial charge in [-0.2, -0.15) is 0 Å². The van der Waals surface area contributed by atoms with E-state index in [4.69, 9.17) is 14.5 Å². The second-order valence-corrected chi connectivity index (χ2v) is 8.90. The number of fused-ring (bicyclic) bond motifs is 1. The van der Waals surface area contributed by atoms with Crippen molar-refractivity contribution in [1.29, 1.82) is 0 Å². The van der Waals surface area contributed by atoms with E-state index in [0.717, 1.165) is 70.6 Å². The van der Waals surface area contributed by atoms with Crippen LogP contribution in [0.15, 0.2) is 36.4 Å². The quantitative estimate of drug-likeness (QED) is 0.560. The molecule has 164 valence electrons. The van der Waals surface area contributed by atoms with Gasteiger partial charge in [-0.15, -0.1) is 0 Å². The molecule has 1 saturated heterocycles. The fraction of sp³-hybridized carbons (Fsp3) is 0.417. The van der Waals surface area contributed by atoms with Crippen LogP contribution in [0.4, 0.5) is 5.13 Å². The van der Waals surface area contributed by atoms with Gasteiger partial charge in [0.1, 0.15) is 11.3 Å². The highest BCUT2D eigenvalue weighted by molar-refractivity contribution is 7.22. The Kier molecular flexibility index (Phi) is 6.85. The highest BCUT2D eigenvalue weighted by Crippen LogP contribution is 2.36. The summed E-state index contributed by atoms with van der Waals surface area (Å²) in [4.78, 5) is 22.5.